The number of thiophene rings is 1. The second-order valence-corrected chi connectivity index (χ2v) is 9.05. The molecule has 8 heteroatoms. The lowest BCUT2D eigenvalue weighted by Crippen LogP contribution is -2.49. The van der Waals surface area contributed by atoms with Gasteiger partial charge in [0.15, 0.2) is 0 Å². The number of aromatic nitrogens is 2. The lowest BCUT2D eigenvalue weighted by molar-refractivity contribution is -0.131. The van der Waals surface area contributed by atoms with Crippen molar-refractivity contribution < 1.29 is 4.79 Å². The summed E-state index contributed by atoms with van der Waals surface area (Å²) in [5.41, 5.74) is 3.13. The molecule has 3 heterocycles. The zero-order chi connectivity index (χ0) is 22.7. The van der Waals surface area contributed by atoms with Crippen LogP contribution in [0, 0.1) is 6.92 Å². The van der Waals surface area contributed by atoms with E-state index in [0.717, 1.165) is 31.7 Å². The standard InChI is InChI=1S/C24H31N5O2S/c1-4-26(5-2)24-25-20-10-16-32-22(20)23(31)29(24)11-9-21(30)28-14-12-27(13-15-28)19-8-6-7-18(3)17-19/h6-8,10,16-17H,4-5,9,11-15H2,1-3H3. The molecule has 7 nitrogen and oxygen atoms in total. The highest BCUT2D eigenvalue weighted by molar-refractivity contribution is 7.17. The van der Waals surface area contributed by atoms with E-state index < -0.39 is 0 Å². The summed E-state index contributed by atoms with van der Waals surface area (Å²) in [5, 5.41) is 1.90. The van der Waals surface area contributed by atoms with Crippen molar-refractivity contribution in [3.63, 3.8) is 0 Å². The van der Waals surface area contributed by atoms with E-state index in [1.54, 1.807) is 4.57 Å². The Morgan fingerprint density at radius 3 is 2.56 bits per heavy atom. The average Bonchev–Trinajstić information content (AvgIpc) is 3.28. The third-order valence-corrected chi connectivity index (χ3v) is 7.03. The SMILES string of the molecule is CCN(CC)c1nc2ccsc2c(=O)n1CCC(=O)N1CCN(c2cccc(C)c2)CC1. The Bertz CT molecular complexity index is 1140. The topological polar surface area (TPSA) is 61.7 Å². The lowest BCUT2D eigenvalue weighted by Gasteiger charge is -2.36. The third-order valence-electron chi connectivity index (χ3n) is 6.14. The molecule has 3 aromatic rings. The Balaban J connectivity index is 1.44. The van der Waals surface area contributed by atoms with Gasteiger partial charge in [-0.3, -0.25) is 14.2 Å². The van der Waals surface area contributed by atoms with Crippen molar-refractivity contribution in [1.82, 2.24) is 14.5 Å². The highest BCUT2D eigenvalue weighted by atomic mass is 32.1. The molecule has 0 N–H and O–H groups in total. The Morgan fingerprint density at radius 2 is 1.88 bits per heavy atom. The Labute approximate surface area is 192 Å². The van der Waals surface area contributed by atoms with E-state index in [0.29, 0.717) is 36.7 Å². The molecular formula is C24H31N5O2S. The molecule has 0 atom stereocenters. The zero-order valence-corrected chi connectivity index (χ0v) is 19.9. The van der Waals surface area contributed by atoms with E-state index >= 15 is 0 Å². The third kappa shape index (κ3) is 4.50. The molecule has 0 unspecified atom stereocenters. The predicted octanol–water partition coefficient (Wildman–Crippen LogP) is 3.35. The van der Waals surface area contributed by atoms with Crippen LogP contribution in [0.3, 0.4) is 0 Å². The van der Waals surface area contributed by atoms with Crippen LogP contribution in [-0.4, -0.2) is 59.6 Å². The van der Waals surface area contributed by atoms with Crippen LogP contribution in [-0.2, 0) is 11.3 Å². The first-order chi connectivity index (χ1) is 15.5. The number of piperazine rings is 1. The van der Waals surface area contributed by atoms with Crippen molar-refractivity contribution in [3.8, 4) is 0 Å². The Kier molecular flexibility index (Phi) is 6.79. The molecule has 0 radical (unpaired) electrons. The first-order valence-corrected chi connectivity index (χ1v) is 12.2. The number of nitrogens with zero attached hydrogens (tertiary/aromatic N) is 5. The summed E-state index contributed by atoms with van der Waals surface area (Å²) in [6, 6.07) is 10.4. The molecule has 170 valence electrons. The van der Waals surface area contributed by atoms with Crippen LogP contribution in [0.4, 0.5) is 11.6 Å². The Hall–Kier alpha value is -2.87. The first kappa shape index (κ1) is 22.3. The highest BCUT2D eigenvalue weighted by Gasteiger charge is 2.23. The van der Waals surface area contributed by atoms with Gasteiger partial charge in [0.25, 0.3) is 5.56 Å². The van der Waals surface area contributed by atoms with Gasteiger partial charge < -0.3 is 14.7 Å². The van der Waals surface area contributed by atoms with Gasteiger partial charge in [-0.15, -0.1) is 11.3 Å². The van der Waals surface area contributed by atoms with Gasteiger partial charge in [-0.1, -0.05) is 12.1 Å². The van der Waals surface area contributed by atoms with Crippen molar-refractivity contribution >= 4 is 39.1 Å². The minimum Gasteiger partial charge on any atom is -0.368 e. The molecule has 2 aromatic heterocycles. The van der Waals surface area contributed by atoms with Crippen molar-refractivity contribution in [3.05, 3.63) is 51.6 Å². The summed E-state index contributed by atoms with van der Waals surface area (Å²) >= 11 is 1.41. The number of carbonyl (C=O) groups excluding carboxylic acids is 1. The Morgan fingerprint density at radius 1 is 1.12 bits per heavy atom. The summed E-state index contributed by atoms with van der Waals surface area (Å²) in [7, 11) is 0. The first-order valence-electron chi connectivity index (χ1n) is 11.3. The molecule has 1 amide bonds. The monoisotopic (exact) mass is 453 g/mol. The van der Waals surface area contributed by atoms with Crippen LogP contribution in [0.5, 0.6) is 0 Å². The van der Waals surface area contributed by atoms with Gasteiger partial charge in [-0.05, 0) is 49.9 Å². The summed E-state index contributed by atoms with van der Waals surface area (Å²) in [4.78, 5) is 37.2. The number of benzene rings is 1. The molecule has 0 saturated carbocycles. The number of hydrogen-bond acceptors (Lipinski definition) is 6. The number of rotatable bonds is 7. The maximum Gasteiger partial charge on any atom is 0.272 e. The van der Waals surface area contributed by atoms with Crippen molar-refractivity contribution in [1.29, 1.82) is 0 Å². The molecule has 0 bridgehead atoms. The van der Waals surface area contributed by atoms with Gasteiger partial charge in [-0.2, -0.15) is 0 Å². The summed E-state index contributed by atoms with van der Waals surface area (Å²) < 4.78 is 2.34. The van der Waals surface area contributed by atoms with Crippen LogP contribution >= 0.6 is 11.3 Å². The molecule has 1 saturated heterocycles. The van der Waals surface area contributed by atoms with E-state index in [1.165, 1.54) is 22.6 Å². The number of aryl methyl sites for hydroxylation is 1. The van der Waals surface area contributed by atoms with E-state index in [9.17, 15) is 9.59 Å². The molecule has 32 heavy (non-hydrogen) atoms. The van der Waals surface area contributed by atoms with Crippen LogP contribution in [0.2, 0.25) is 0 Å². The number of fused-ring (bicyclic) bond motifs is 1. The molecule has 1 aliphatic heterocycles. The highest BCUT2D eigenvalue weighted by Crippen LogP contribution is 2.21. The molecule has 1 aromatic carbocycles. The van der Waals surface area contributed by atoms with Crippen LogP contribution < -0.4 is 15.4 Å². The van der Waals surface area contributed by atoms with E-state index in [4.69, 9.17) is 4.98 Å². The summed E-state index contributed by atoms with van der Waals surface area (Å²) in [6.45, 7) is 11.1. The van der Waals surface area contributed by atoms with Gasteiger partial charge in [0.05, 0.1) is 5.52 Å². The molecular weight excluding hydrogens is 422 g/mol. The number of carbonyl (C=O) groups is 1. The van der Waals surface area contributed by atoms with Gasteiger partial charge in [0, 0.05) is 57.9 Å². The van der Waals surface area contributed by atoms with Gasteiger partial charge in [0.1, 0.15) is 4.70 Å². The van der Waals surface area contributed by atoms with E-state index in [2.05, 4.69) is 54.8 Å². The van der Waals surface area contributed by atoms with Crippen LogP contribution in [0.25, 0.3) is 10.2 Å². The predicted molar refractivity (Wildman–Crippen MR) is 132 cm³/mol. The van der Waals surface area contributed by atoms with Crippen molar-refractivity contribution in [2.75, 3.05) is 49.1 Å². The molecule has 1 fully saturated rings. The summed E-state index contributed by atoms with van der Waals surface area (Å²) in [5.74, 6) is 0.750. The number of amides is 1. The quantitative estimate of drug-likeness (QED) is 0.549. The molecule has 0 spiro atoms. The van der Waals surface area contributed by atoms with Gasteiger partial charge in [-0.25, -0.2) is 4.98 Å². The molecule has 1 aliphatic rings. The van der Waals surface area contributed by atoms with Crippen molar-refractivity contribution in [2.45, 2.75) is 33.7 Å². The van der Waals surface area contributed by atoms with Crippen molar-refractivity contribution in [2.24, 2.45) is 0 Å². The summed E-state index contributed by atoms with van der Waals surface area (Å²) in [6.07, 6.45) is 0.303. The minimum atomic E-state index is -0.0519. The zero-order valence-electron chi connectivity index (χ0n) is 19.1. The number of anilines is 2. The van der Waals surface area contributed by atoms with Gasteiger partial charge in [0.2, 0.25) is 11.9 Å². The van der Waals surface area contributed by atoms with Gasteiger partial charge >= 0.3 is 0 Å². The van der Waals surface area contributed by atoms with E-state index in [1.807, 2.05) is 16.3 Å². The fourth-order valence-electron chi connectivity index (χ4n) is 4.29. The second kappa shape index (κ2) is 9.73. The smallest absolute Gasteiger partial charge is 0.272 e. The van der Waals surface area contributed by atoms with E-state index in [-0.39, 0.29) is 11.5 Å². The van der Waals surface area contributed by atoms with Crippen LogP contribution in [0.15, 0.2) is 40.5 Å². The second-order valence-electron chi connectivity index (χ2n) is 8.13. The lowest BCUT2D eigenvalue weighted by atomic mass is 10.2. The normalized spacial score (nSPS) is 14.2. The molecule has 0 aliphatic carbocycles. The largest absolute Gasteiger partial charge is 0.368 e. The fourth-order valence-corrected chi connectivity index (χ4v) is 5.06. The minimum absolute atomic E-state index is 0.0519. The maximum absolute atomic E-state index is 13.1. The number of hydrogen-bond donors (Lipinski definition) is 0. The van der Waals surface area contributed by atoms with Crippen LogP contribution in [0.1, 0.15) is 25.8 Å². The maximum atomic E-state index is 13.1. The fraction of sp³-hybridized carbons (Fsp3) is 0.458. The average molecular weight is 454 g/mol. The molecule has 4 rings (SSSR count).